The minimum absolute atomic E-state index is 0.142. The predicted octanol–water partition coefficient (Wildman–Crippen LogP) is 2.82. The standard InChI is InChI=1S/C17H24ClN3O/c1-17(2)14(12-8-9-22-15(12)17)21-16(19-3)20-10-11-6-4-5-7-13(11)18/h4-7,12,14-15H,8-10H2,1-3H3,(H2,19,20,21). The second-order valence-corrected chi connectivity index (χ2v) is 7.11. The van der Waals surface area contributed by atoms with E-state index in [0.29, 0.717) is 24.6 Å². The molecule has 2 N–H and O–H groups in total. The van der Waals surface area contributed by atoms with Crippen molar-refractivity contribution in [3.63, 3.8) is 0 Å². The zero-order valence-electron chi connectivity index (χ0n) is 13.4. The van der Waals surface area contributed by atoms with E-state index in [9.17, 15) is 0 Å². The van der Waals surface area contributed by atoms with E-state index in [4.69, 9.17) is 16.3 Å². The van der Waals surface area contributed by atoms with E-state index in [1.165, 1.54) is 0 Å². The quantitative estimate of drug-likeness (QED) is 0.664. The highest BCUT2D eigenvalue weighted by atomic mass is 35.5. The van der Waals surface area contributed by atoms with Crippen molar-refractivity contribution in [2.45, 2.75) is 39.0 Å². The molecule has 0 amide bonds. The topological polar surface area (TPSA) is 45.7 Å². The van der Waals surface area contributed by atoms with E-state index in [1.807, 2.05) is 24.3 Å². The number of nitrogens with one attached hydrogen (secondary N) is 2. The molecule has 3 atom stereocenters. The Labute approximate surface area is 137 Å². The van der Waals surface area contributed by atoms with E-state index >= 15 is 0 Å². The molecule has 2 fully saturated rings. The van der Waals surface area contributed by atoms with E-state index in [-0.39, 0.29) is 5.41 Å². The van der Waals surface area contributed by atoms with Crippen LogP contribution in [0, 0.1) is 11.3 Å². The first-order chi connectivity index (χ1) is 10.5. The summed E-state index contributed by atoms with van der Waals surface area (Å²) in [6.45, 7) is 6.07. The SMILES string of the molecule is CN=C(NCc1ccccc1Cl)NC1C2CCOC2C1(C)C. The molecule has 1 aromatic rings. The van der Waals surface area contributed by atoms with Crippen molar-refractivity contribution in [2.24, 2.45) is 16.3 Å². The van der Waals surface area contributed by atoms with Gasteiger partial charge in [0.25, 0.3) is 0 Å². The van der Waals surface area contributed by atoms with Crippen LogP contribution in [-0.2, 0) is 11.3 Å². The summed E-state index contributed by atoms with van der Waals surface area (Å²) in [7, 11) is 1.80. The lowest BCUT2D eigenvalue weighted by Crippen LogP contribution is -2.67. The summed E-state index contributed by atoms with van der Waals surface area (Å²) in [6, 6.07) is 8.27. The fourth-order valence-corrected chi connectivity index (χ4v) is 3.98. The molecule has 5 heteroatoms. The second-order valence-electron chi connectivity index (χ2n) is 6.70. The van der Waals surface area contributed by atoms with Gasteiger partial charge in [0.2, 0.25) is 0 Å². The average Bonchev–Trinajstić information content (AvgIpc) is 2.96. The first-order valence-corrected chi connectivity index (χ1v) is 8.24. The lowest BCUT2D eigenvalue weighted by molar-refractivity contribution is -0.106. The molecule has 3 rings (SSSR count). The summed E-state index contributed by atoms with van der Waals surface area (Å²) in [4.78, 5) is 4.34. The number of aliphatic imine (C=N–C) groups is 1. The van der Waals surface area contributed by atoms with Gasteiger partial charge in [-0.25, -0.2) is 0 Å². The summed E-state index contributed by atoms with van der Waals surface area (Å²) in [5, 5.41) is 7.70. The van der Waals surface area contributed by atoms with Crippen LogP contribution in [-0.4, -0.2) is 31.8 Å². The molecule has 4 nitrogen and oxygen atoms in total. The highest BCUT2D eigenvalue weighted by Gasteiger charge is 2.59. The number of hydrogen-bond donors (Lipinski definition) is 2. The number of nitrogens with zero attached hydrogens (tertiary/aromatic N) is 1. The molecule has 0 bridgehead atoms. The molecule has 0 spiro atoms. The van der Waals surface area contributed by atoms with Gasteiger partial charge in [-0.1, -0.05) is 43.6 Å². The average molecular weight is 322 g/mol. The largest absolute Gasteiger partial charge is 0.377 e. The number of halogens is 1. The van der Waals surface area contributed by atoms with Crippen molar-refractivity contribution >= 4 is 17.6 Å². The van der Waals surface area contributed by atoms with Crippen LogP contribution in [0.4, 0.5) is 0 Å². The van der Waals surface area contributed by atoms with Crippen molar-refractivity contribution < 1.29 is 4.74 Å². The Bertz CT molecular complexity index is 573. The minimum atomic E-state index is 0.142. The molecule has 1 saturated carbocycles. The molecule has 2 aliphatic rings. The first-order valence-electron chi connectivity index (χ1n) is 7.86. The van der Waals surface area contributed by atoms with Gasteiger partial charge >= 0.3 is 0 Å². The molecule has 0 radical (unpaired) electrons. The summed E-state index contributed by atoms with van der Waals surface area (Å²) in [5.41, 5.74) is 1.21. The Hall–Kier alpha value is -1.26. The van der Waals surface area contributed by atoms with Gasteiger partial charge in [-0.3, -0.25) is 4.99 Å². The van der Waals surface area contributed by atoms with Crippen molar-refractivity contribution in [1.82, 2.24) is 10.6 Å². The molecule has 1 aliphatic heterocycles. The van der Waals surface area contributed by atoms with Crippen LogP contribution < -0.4 is 10.6 Å². The highest BCUT2D eigenvalue weighted by molar-refractivity contribution is 6.31. The lowest BCUT2D eigenvalue weighted by atomic mass is 9.57. The fraction of sp³-hybridized carbons (Fsp3) is 0.588. The predicted molar refractivity (Wildman–Crippen MR) is 90.2 cm³/mol. The summed E-state index contributed by atoms with van der Waals surface area (Å²) in [6.07, 6.45) is 1.51. The van der Waals surface area contributed by atoms with E-state index in [1.54, 1.807) is 7.05 Å². The molecule has 1 saturated heterocycles. The maximum absolute atomic E-state index is 6.20. The maximum Gasteiger partial charge on any atom is 0.191 e. The summed E-state index contributed by atoms with van der Waals surface area (Å²) < 4.78 is 5.84. The lowest BCUT2D eigenvalue weighted by Gasteiger charge is -2.54. The minimum Gasteiger partial charge on any atom is -0.377 e. The smallest absolute Gasteiger partial charge is 0.191 e. The number of guanidine groups is 1. The number of hydrogen-bond acceptors (Lipinski definition) is 2. The Balaban J connectivity index is 1.60. The Morgan fingerprint density at radius 2 is 2.18 bits per heavy atom. The fourth-order valence-electron chi connectivity index (χ4n) is 3.78. The Morgan fingerprint density at radius 3 is 2.91 bits per heavy atom. The number of benzene rings is 1. The zero-order chi connectivity index (χ0) is 15.7. The van der Waals surface area contributed by atoms with Gasteiger partial charge in [0.05, 0.1) is 6.10 Å². The maximum atomic E-state index is 6.20. The van der Waals surface area contributed by atoms with E-state index in [0.717, 1.165) is 29.6 Å². The third-order valence-corrected chi connectivity index (χ3v) is 5.39. The van der Waals surface area contributed by atoms with Crippen molar-refractivity contribution in [2.75, 3.05) is 13.7 Å². The molecule has 22 heavy (non-hydrogen) atoms. The van der Waals surface area contributed by atoms with E-state index < -0.39 is 0 Å². The van der Waals surface area contributed by atoms with Gasteiger partial charge in [-0.2, -0.15) is 0 Å². The Kier molecular flexibility index (Phi) is 4.33. The molecule has 120 valence electrons. The second kappa shape index (κ2) is 6.09. The molecular weight excluding hydrogens is 298 g/mol. The van der Waals surface area contributed by atoms with Crippen molar-refractivity contribution in [1.29, 1.82) is 0 Å². The van der Waals surface area contributed by atoms with Gasteiger partial charge in [0.1, 0.15) is 0 Å². The van der Waals surface area contributed by atoms with Crippen LogP contribution >= 0.6 is 11.6 Å². The zero-order valence-corrected chi connectivity index (χ0v) is 14.2. The summed E-state index contributed by atoms with van der Waals surface area (Å²) >= 11 is 6.20. The number of fused-ring (bicyclic) bond motifs is 1. The van der Waals surface area contributed by atoms with Crippen LogP contribution in [0.3, 0.4) is 0 Å². The normalized spacial score (nSPS) is 29.6. The third kappa shape index (κ3) is 2.70. The van der Waals surface area contributed by atoms with Crippen LogP contribution in [0.1, 0.15) is 25.8 Å². The molecule has 1 heterocycles. The van der Waals surface area contributed by atoms with Crippen LogP contribution in [0.2, 0.25) is 5.02 Å². The van der Waals surface area contributed by atoms with Gasteiger partial charge in [0.15, 0.2) is 5.96 Å². The van der Waals surface area contributed by atoms with Crippen molar-refractivity contribution in [3.05, 3.63) is 34.9 Å². The van der Waals surface area contributed by atoms with Gasteiger partial charge < -0.3 is 15.4 Å². The van der Waals surface area contributed by atoms with Crippen LogP contribution in [0.5, 0.6) is 0 Å². The highest BCUT2D eigenvalue weighted by Crippen LogP contribution is 2.52. The third-order valence-electron chi connectivity index (χ3n) is 5.02. The van der Waals surface area contributed by atoms with Crippen LogP contribution in [0.15, 0.2) is 29.3 Å². The molecular formula is C17H24ClN3O. The molecule has 0 aromatic heterocycles. The summed E-state index contributed by atoms with van der Waals surface area (Å²) in [5.74, 6) is 1.41. The van der Waals surface area contributed by atoms with Gasteiger partial charge in [-0.15, -0.1) is 0 Å². The van der Waals surface area contributed by atoms with Gasteiger partial charge in [-0.05, 0) is 18.1 Å². The first kappa shape index (κ1) is 15.6. The number of ether oxygens (including phenoxy) is 1. The van der Waals surface area contributed by atoms with Crippen molar-refractivity contribution in [3.8, 4) is 0 Å². The molecule has 1 aliphatic carbocycles. The van der Waals surface area contributed by atoms with E-state index in [2.05, 4.69) is 29.5 Å². The Morgan fingerprint density at radius 1 is 1.41 bits per heavy atom. The molecule has 1 aromatic carbocycles. The number of rotatable bonds is 3. The van der Waals surface area contributed by atoms with Gasteiger partial charge in [0, 0.05) is 42.6 Å². The molecule has 3 unspecified atom stereocenters. The van der Waals surface area contributed by atoms with Crippen LogP contribution in [0.25, 0.3) is 0 Å². The monoisotopic (exact) mass is 321 g/mol.